The first-order valence-corrected chi connectivity index (χ1v) is 26.9. The van der Waals surface area contributed by atoms with Crippen molar-refractivity contribution in [2.75, 3.05) is 6.61 Å². The van der Waals surface area contributed by atoms with Gasteiger partial charge in [-0.15, -0.1) is 0 Å². The molecule has 1 amide bonds. The lowest BCUT2D eigenvalue weighted by molar-refractivity contribution is -0.151. The van der Waals surface area contributed by atoms with E-state index in [4.69, 9.17) is 4.74 Å². The zero-order valence-corrected chi connectivity index (χ0v) is 41.3. The molecule has 0 spiro atoms. The van der Waals surface area contributed by atoms with Crippen LogP contribution in [-0.2, 0) is 14.3 Å². The number of aliphatic hydroxyl groups is 2. The molecule has 0 aliphatic rings. The Bertz CT molecular complexity index is 1070. The second-order valence-corrected chi connectivity index (χ2v) is 18.3. The third-order valence-corrected chi connectivity index (χ3v) is 12.1. The van der Waals surface area contributed by atoms with Gasteiger partial charge in [-0.25, -0.2) is 0 Å². The summed E-state index contributed by atoms with van der Waals surface area (Å²) in [6, 6.07) is -0.708. The lowest BCUT2D eigenvalue weighted by Crippen LogP contribution is -2.46. The van der Waals surface area contributed by atoms with E-state index < -0.39 is 18.2 Å². The highest BCUT2D eigenvalue weighted by Gasteiger charge is 2.24. The number of ether oxygens (including phenoxy) is 1. The molecule has 0 saturated heterocycles. The van der Waals surface area contributed by atoms with Gasteiger partial charge in [-0.05, 0) is 83.5 Å². The van der Waals surface area contributed by atoms with Gasteiger partial charge < -0.3 is 20.3 Å². The zero-order chi connectivity index (χ0) is 45.2. The van der Waals surface area contributed by atoms with Gasteiger partial charge in [0.15, 0.2) is 0 Å². The zero-order valence-electron chi connectivity index (χ0n) is 41.3. The fourth-order valence-electron chi connectivity index (χ4n) is 8.01. The minimum Gasteiger partial charge on any atom is -0.462 e. The molecule has 0 aromatic heterocycles. The van der Waals surface area contributed by atoms with Crippen LogP contribution >= 0.6 is 0 Å². The summed E-state index contributed by atoms with van der Waals surface area (Å²) in [7, 11) is 0. The average Bonchev–Trinajstić information content (AvgIpc) is 3.26. The Morgan fingerprint density at radius 2 is 0.839 bits per heavy atom. The standard InChI is InChI=1S/C56H103NO5/c1-4-7-10-13-16-19-21-23-25-26-27-28-30-32-34-37-40-43-46-49-56(61)62-52(47-44-41-38-35-18-15-12-9-6-3)50-55(60)57-53(51-58)54(59)48-45-42-39-36-33-31-29-24-22-20-17-14-11-8-5-2/h15-16,18-19,23,25,27-28,52-54,58-59H,4-14,17,20-22,24,26,29-51H2,1-3H3,(H,57,60)/b18-15-,19-16-,25-23-,28-27-. The Labute approximate surface area is 385 Å². The largest absolute Gasteiger partial charge is 0.462 e. The Hall–Kier alpha value is -2.18. The van der Waals surface area contributed by atoms with Crippen molar-refractivity contribution in [1.82, 2.24) is 5.32 Å². The second kappa shape index (κ2) is 49.8. The van der Waals surface area contributed by atoms with E-state index in [2.05, 4.69) is 74.7 Å². The van der Waals surface area contributed by atoms with Gasteiger partial charge in [0.2, 0.25) is 5.91 Å². The molecule has 0 aliphatic carbocycles. The molecule has 6 nitrogen and oxygen atoms in total. The lowest BCUT2D eigenvalue weighted by atomic mass is 10.0. The number of allylic oxidation sites excluding steroid dienone is 8. The summed E-state index contributed by atoms with van der Waals surface area (Å²) in [6.45, 7) is 6.42. The molecule has 3 unspecified atom stereocenters. The Morgan fingerprint density at radius 3 is 1.35 bits per heavy atom. The van der Waals surface area contributed by atoms with E-state index in [-0.39, 0.29) is 24.9 Å². The van der Waals surface area contributed by atoms with E-state index in [1.54, 1.807) is 0 Å². The highest BCUT2D eigenvalue weighted by atomic mass is 16.5. The molecule has 0 heterocycles. The van der Waals surface area contributed by atoms with Gasteiger partial charge >= 0.3 is 5.97 Å². The number of unbranched alkanes of at least 4 members (excludes halogenated alkanes) is 28. The van der Waals surface area contributed by atoms with Crippen molar-refractivity contribution < 1.29 is 24.5 Å². The van der Waals surface area contributed by atoms with Gasteiger partial charge in [0.05, 0.1) is 25.2 Å². The first kappa shape index (κ1) is 59.8. The normalized spacial score (nSPS) is 13.6. The van der Waals surface area contributed by atoms with E-state index in [1.807, 2.05) is 0 Å². The maximum atomic E-state index is 13.2. The second-order valence-electron chi connectivity index (χ2n) is 18.3. The smallest absolute Gasteiger partial charge is 0.306 e. The maximum absolute atomic E-state index is 13.2. The Balaban J connectivity index is 4.44. The molecule has 0 aromatic carbocycles. The summed E-state index contributed by atoms with van der Waals surface area (Å²) in [5, 5.41) is 23.8. The minimum absolute atomic E-state index is 0.0616. The number of aliphatic hydroxyl groups excluding tert-OH is 2. The van der Waals surface area contributed by atoms with Crippen LogP contribution in [0.5, 0.6) is 0 Å². The summed E-state index contributed by atoms with van der Waals surface area (Å²) in [5.41, 5.74) is 0. The van der Waals surface area contributed by atoms with E-state index >= 15 is 0 Å². The molecule has 0 rings (SSSR count). The third-order valence-electron chi connectivity index (χ3n) is 12.1. The molecule has 62 heavy (non-hydrogen) atoms. The molecule has 6 heteroatoms. The molecule has 0 saturated carbocycles. The van der Waals surface area contributed by atoms with E-state index in [0.717, 1.165) is 89.9 Å². The van der Waals surface area contributed by atoms with Crippen molar-refractivity contribution in [1.29, 1.82) is 0 Å². The molecule has 362 valence electrons. The number of esters is 1. The summed E-state index contributed by atoms with van der Waals surface area (Å²) >= 11 is 0. The monoisotopic (exact) mass is 870 g/mol. The van der Waals surface area contributed by atoms with Crippen LogP contribution in [0.1, 0.15) is 271 Å². The molecule has 0 fully saturated rings. The van der Waals surface area contributed by atoms with E-state index in [0.29, 0.717) is 19.3 Å². The molecular formula is C56H103NO5. The van der Waals surface area contributed by atoms with Crippen LogP contribution in [-0.4, -0.2) is 46.9 Å². The average molecular weight is 870 g/mol. The molecule has 0 bridgehead atoms. The van der Waals surface area contributed by atoms with Gasteiger partial charge in [0, 0.05) is 6.42 Å². The first-order chi connectivity index (χ1) is 30.5. The Morgan fingerprint density at radius 1 is 0.468 bits per heavy atom. The van der Waals surface area contributed by atoms with Gasteiger partial charge in [0.1, 0.15) is 6.10 Å². The van der Waals surface area contributed by atoms with Gasteiger partial charge in [-0.2, -0.15) is 0 Å². The van der Waals surface area contributed by atoms with Crippen LogP contribution in [0.2, 0.25) is 0 Å². The SMILES string of the molecule is CCCC/C=C\CCCCCC(CC(=O)NC(CO)C(O)CCCCCCCCCCCCCCCCC)OC(=O)CCCCCCCC/C=C\C/C=C\C/C=C\CCCCC. The van der Waals surface area contributed by atoms with Crippen LogP contribution in [0.3, 0.4) is 0 Å². The molecule has 3 N–H and O–H groups in total. The molecular weight excluding hydrogens is 767 g/mol. The maximum Gasteiger partial charge on any atom is 0.306 e. The van der Waals surface area contributed by atoms with Gasteiger partial charge in [0.25, 0.3) is 0 Å². The summed E-state index contributed by atoms with van der Waals surface area (Å²) in [5.74, 6) is -0.501. The van der Waals surface area contributed by atoms with Crippen LogP contribution in [0.15, 0.2) is 48.6 Å². The fraction of sp³-hybridized carbons (Fsp3) is 0.821. The third kappa shape index (κ3) is 44.4. The number of carbonyl (C=O) groups excluding carboxylic acids is 2. The van der Waals surface area contributed by atoms with Crippen LogP contribution in [0, 0.1) is 0 Å². The minimum atomic E-state index is -0.793. The first-order valence-electron chi connectivity index (χ1n) is 26.9. The van der Waals surface area contributed by atoms with Crippen molar-refractivity contribution in [3.63, 3.8) is 0 Å². The van der Waals surface area contributed by atoms with Gasteiger partial charge in [-0.3, -0.25) is 9.59 Å². The van der Waals surface area contributed by atoms with Crippen LogP contribution in [0.25, 0.3) is 0 Å². The Kier molecular flexibility index (Phi) is 48.1. The lowest BCUT2D eigenvalue weighted by Gasteiger charge is -2.24. The van der Waals surface area contributed by atoms with E-state index in [1.165, 1.54) is 135 Å². The van der Waals surface area contributed by atoms with Crippen molar-refractivity contribution in [3.8, 4) is 0 Å². The quantitative estimate of drug-likeness (QED) is 0.0322. The molecule has 0 radical (unpaired) electrons. The van der Waals surface area contributed by atoms with E-state index in [9.17, 15) is 19.8 Å². The van der Waals surface area contributed by atoms with Crippen molar-refractivity contribution in [3.05, 3.63) is 48.6 Å². The number of hydrogen-bond acceptors (Lipinski definition) is 5. The predicted molar refractivity (Wildman–Crippen MR) is 269 cm³/mol. The predicted octanol–water partition coefficient (Wildman–Crippen LogP) is 16.2. The van der Waals surface area contributed by atoms with Crippen LogP contribution in [0.4, 0.5) is 0 Å². The molecule has 3 atom stereocenters. The van der Waals surface area contributed by atoms with Crippen molar-refractivity contribution in [2.24, 2.45) is 0 Å². The van der Waals surface area contributed by atoms with Crippen LogP contribution < -0.4 is 5.32 Å². The number of nitrogens with one attached hydrogen (secondary N) is 1. The number of amides is 1. The molecule has 0 aromatic rings. The number of hydrogen-bond donors (Lipinski definition) is 3. The van der Waals surface area contributed by atoms with Gasteiger partial charge in [-0.1, -0.05) is 223 Å². The topological polar surface area (TPSA) is 95.9 Å². The number of rotatable bonds is 48. The fourth-order valence-corrected chi connectivity index (χ4v) is 8.01. The summed E-state index contributed by atoms with van der Waals surface area (Å²) in [4.78, 5) is 26.1. The molecule has 0 aliphatic heterocycles. The summed E-state index contributed by atoms with van der Waals surface area (Å²) in [6.07, 6.45) is 60.3. The highest BCUT2D eigenvalue weighted by Crippen LogP contribution is 2.18. The highest BCUT2D eigenvalue weighted by molar-refractivity contribution is 5.77. The summed E-state index contributed by atoms with van der Waals surface area (Å²) < 4.78 is 5.91. The van der Waals surface area contributed by atoms with Crippen molar-refractivity contribution in [2.45, 2.75) is 289 Å². The van der Waals surface area contributed by atoms with Crippen molar-refractivity contribution >= 4 is 11.9 Å². The number of carbonyl (C=O) groups is 2.